The van der Waals surface area contributed by atoms with Crippen molar-refractivity contribution < 1.29 is 18.0 Å². The maximum atomic E-state index is 12.9. The van der Waals surface area contributed by atoms with Crippen molar-refractivity contribution in [2.75, 3.05) is 11.9 Å². The number of rotatable bonds is 4. The monoisotopic (exact) mass is 341 g/mol. The molecule has 110 valence electrons. The van der Waals surface area contributed by atoms with Crippen LogP contribution < -0.4 is 5.32 Å². The summed E-state index contributed by atoms with van der Waals surface area (Å²) in [5, 5.41) is 3.54. The summed E-state index contributed by atoms with van der Waals surface area (Å²) in [6.07, 6.45) is -0.455. The maximum absolute atomic E-state index is 12.9. The lowest BCUT2D eigenvalue weighted by atomic mass is 9.78. The Morgan fingerprint density at radius 1 is 1.26 bits per heavy atom. The van der Waals surface area contributed by atoms with E-state index in [1.165, 1.54) is 0 Å². The molecule has 0 bridgehead atoms. The van der Waals surface area contributed by atoms with Crippen LogP contribution in [0.25, 0.3) is 0 Å². The van der Waals surface area contributed by atoms with E-state index >= 15 is 0 Å². The third kappa shape index (κ3) is 3.64. The third-order valence-corrected chi connectivity index (χ3v) is 5.59. The summed E-state index contributed by atoms with van der Waals surface area (Å²) < 4.78 is 38.8. The highest BCUT2D eigenvalue weighted by Gasteiger charge is 2.48. The Hall–Kier alpha value is -0.260. The van der Waals surface area contributed by atoms with Gasteiger partial charge >= 0.3 is 6.18 Å². The van der Waals surface area contributed by atoms with Gasteiger partial charge in [-0.15, -0.1) is 0 Å². The number of alkyl halides is 4. The van der Waals surface area contributed by atoms with Gasteiger partial charge in [0.1, 0.15) is 0 Å². The highest BCUT2D eigenvalue weighted by Crippen LogP contribution is 2.47. The molecule has 2 rings (SSSR count). The van der Waals surface area contributed by atoms with Crippen molar-refractivity contribution in [3.8, 4) is 0 Å². The van der Waals surface area contributed by atoms with Crippen LogP contribution in [-0.4, -0.2) is 24.0 Å². The number of hydrogen-bond donors (Lipinski definition) is 1. The number of halogens is 4. The molecule has 2 aliphatic rings. The van der Waals surface area contributed by atoms with E-state index in [1.807, 2.05) is 0 Å². The lowest BCUT2D eigenvalue weighted by molar-refractivity contribution is -0.198. The van der Waals surface area contributed by atoms with E-state index in [0.717, 1.165) is 18.2 Å². The molecule has 1 amide bonds. The molecule has 0 aromatic rings. The zero-order valence-electron chi connectivity index (χ0n) is 10.7. The molecular weight excluding hydrogens is 323 g/mol. The molecule has 2 nitrogen and oxygen atoms in total. The van der Waals surface area contributed by atoms with Crippen LogP contribution in [0, 0.1) is 17.3 Å². The van der Waals surface area contributed by atoms with Gasteiger partial charge in [-0.25, -0.2) is 0 Å². The van der Waals surface area contributed by atoms with Crippen molar-refractivity contribution in [3.63, 3.8) is 0 Å². The Morgan fingerprint density at radius 3 is 2.42 bits per heavy atom. The topological polar surface area (TPSA) is 29.1 Å². The van der Waals surface area contributed by atoms with Gasteiger partial charge in [0.15, 0.2) is 0 Å². The van der Waals surface area contributed by atoms with Crippen molar-refractivity contribution in [2.45, 2.75) is 44.7 Å². The Kier molecular flexibility index (Phi) is 4.48. The molecule has 0 radical (unpaired) electrons. The number of hydrogen-bond acceptors (Lipinski definition) is 1. The second-order valence-electron chi connectivity index (χ2n) is 5.89. The number of amides is 1. The molecule has 2 atom stereocenters. The van der Waals surface area contributed by atoms with Gasteiger partial charge in [0.2, 0.25) is 5.91 Å². The van der Waals surface area contributed by atoms with Crippen LogP contribution in [-0.2, 0) is 4.79 Å². The van der Waals surface area contributed by atoms with E-state index in [9.17, 15) is 18.0 Å². The van der Waals surface area contributed by atoms with Crippen molar-refractivity contribution >= 4 is 21.8 Å². The van der Waals surface area contributed by atoms with Crippen LogP contribution in [0.5, 0.6) is 0 Å². The van der Waals surface area contributed by atoms with E-state index < -0.39 is 23.9 Å². The molecular formula is C13H19BrF3NO. The zero-order valence-corrected chi connectivity index (χ0v) is 12.3. The van der Waals surface area contributed by atoms with E-state index in [1.54, 1.807) is 0 Å². The second-order valence-corrected chi connectivity index (χ2v) is 6.45. The molecule has 0 heterocycles. The first-order valence-electron chi connectivity index (χ1n) is 6.78. The molecule has 0 aromatic carbocycles. The van der Waals surface area contributed by atoms with Crippen molar-refractivity contribution in [1.82, 2.24) is 5.32 Å². The minimum Gasteiger partial charge on any atom is -0.355 e. The molecule has 0 aliphatic heterocycles. The quantitative estimate of drug-likeness (QED) is 0.777. The van der Waals surface area contributed by atoms with E-state index in [-0.39, 0.29) is 11.8 Å². The summed E-state index contributed by atoms with van der Waals surface area (Å²) in [6.45, 7) is 0.498. The van der Waals surface area contributed by atoms with E-state index in [0.29, 0.717) is 25.8 Å². The highest BCUT2D eigenvalue weighted by molar-refractivity contribution is 9.09. The predicted molar refractivity (Wildman–Crippen MR) is 70.0 cm³/mol. The Balaban J connectivity index is 1.92. The molecule has 0 aromatic heterocycles. The maximum Gasteiger partial charge on any atom is 0.392 e. The first kappa shape index (κ1) is 15.1. The molecule has 2 fully saturated rings. The third-order valence-electron chi connectivity index (χ3n) is 4.40. The Morgan fingerprint density at radius 2 is 1.89 bits per heavy atom. The summed E-state index contributed by atoms with van der Waals surface area (Å²) >= 11 is 3.39. The van der Waals surface area contributed by atoms with Gasteiger partial charge in [0, 0.05) is 17.8 Å². The van der Waals surface area contributed by atoms with Crippen LogP contribution in [0.1, 0.15) is 38.5 Å². The molecule has 6 heteroatoms. The van der Waals surface area contributed by atoms with Crippen molar-refractivity contribution in [3.05, 3.63) is 0 Å². The van der Waals surface area contributed by atoms with E-state index in [2.05, 4.69) is 21.2 Å². The van der Waals surface area contributed by atoms with Gasteiger partial charge in [0.25, 0.3) is 0 Å². The Bertz CT molecular complexity index is 341. The molecule has 2 aliphatic carbocycles. The number of carbonyl (C=O) groups is 1. The minimum atomic E-state index is -4.25. The van der Waals surface area contributed by atoms with Gasteiger partial charge in [-0.2, -0.15) is 13.2 Å². The summed E-state index contributed by atoms with van der Waals surface area (Å²) in [4.78, 5) is 12.0. The fourth-order valence-corrected chi connectivity index (χ4v) is 3.54. The van der Waals surface area contributed by atoms with Crippen LogP contribution in [0.15, 0.2) is 0 Å². The van der Waals surface area contributed by atoms with Gasteiger partial charge in [-0.3, -0.25) is 4.79 Å². The fourth-order valence-electron chi connectivity index (χ4n) is 2.78. The lowest BCUT2D eigenvalue weighted by Gasteiger charge is -2.32. The highest BCUT2D eigenvalue weighted by atomic mass is 79.9. The van der Waals surface area contributed by atoms with Crippen LogP contribution in [0.4, 0.5) is 13.2 Å². The van der Waals surface area contributed by atoms with Crippen LogP contribution in [0.3, 0.4) is 0 Å². The standard InChI is InChI=1S/C13H19BrF3NO/c14-7-12(5-6-12)8-18-11(19)9-3-1-2-4-10(9)13(15,16)17/h9-10H,1-8H2,(H,18,19). The summed E-state index contributed by atoms with van der Waals surface area (Å²) in [5.41, 5.74) is 0.0953. The van der Waals surface area contributed by atoms with E-state index in [4.69, 9.17) is 0 Å². The molecule has 2 unspecified atom stereocenters. The minimum absolute atomic E-state index is 0.0885. The van der Waals surface area contributed by atoms with Crippen LogP contribution >= 0.6 is 15.9 Å². The largest absolute Gasteiger partial charge is 0.392 e. The first-order valence-corrected chi connectivity index (χ1v) is 7.90. The summed E-state index contributed by atoms with van der Waals surface area (Å²) in [6, 6.07) is 0. The van der Waals surface area contributed by atoms with Crippen LogP contribution in [0.2, 0.25) is 0 Å². The predicted octanol–water partition coefficient (Wildman–Crippen LogP) is 3.65. The molecule has 1 N–H and O–H groups in total. The first-order chi connectivity index (χ1) is 8.88. The summed E-state index contributed by atoms with van der Waals surface area (Å²) in [7, 11) is 0. The van der Waals surface area contributed by atoms with Gasteiger partial charge in [0.05, 0.1) is 5.92 Å². The lowest BCUT2D eigenvalue weighted by Crippen LogP contribution is -2.44. The Labute approximate surface area is 119 Å². The molecule has 0 spiro atoms. The average molecular weight is 342 g/mol. The SMILES string of the molecule is O=C(NCC1(CBr)CC1)C1CCCCC1C(F)(F)F. The fraction of sp³-hybridized carbons (Fsp3) is 0.923. The van der Waals surface area contributed by atoms with Gasteiger partial charge in [-0.1, -0.05) is 28.8 Å². The second kappa shape index (κ2) is 5.62. The number of carbonyl (C=O) groups excluding carboxylic acids is 1. The molecule has 2 saturated carbocycles. The average Bonchev–Trinajstić information content (AvgIpc) is 3.16. The van der Waals surface area contributed by atoms with Gasteiger partial charge in [-0.05, 0) is 31.1 Å². The van der Waals surface area contributed by atoms with Crippen molar-refractivity contribution in [2.24, 2.45) is 17.3 Å². The number of nitrogens with one attached hydrogen (secondary N) is 1. The van der Waals surface area contributed by atoms with Crippen molar-refractivity contribution in [1.29, 1.82) is 0 Å². The molecule has 19 heavy (non-hydrogen) atoms. The van der Waals surface area contributed by atoms with Gasteiger partial charge < -0.3 is 5.32 Å². The normalized spacial score (nSPS) is 29.9. The zero-order chi connectivity index (χ0) is 14.1. The molecule has 0 saturated heterocycles. The summed E-state index contributed by atoms with van der Waals surface area (Å²) in [5.74, 6) is -2.76. The smallest absolute Gasteiger partial charge is 0.355 e.